The second-order valence-corrected chi connectivity index (χ2v) is 24.8. The maximum atomic E-state index is 14.2. The molecule has 0 bridgehead atoms. The van der Waals surface area contributed by atoms with Crippen LogP contribution in [0.3, 0.4) is 0 Å². The molecular formula is C68H52Na4O20S4. The summed E-state index contributed by atoms with van der Waals surface area (Å²) in [4.78, 5) is 27.3. The van der Waals surface area contributed by atoms with Crippen molar-refractivity contribution in [1.82, 2.24) is 0 Å². The van der Waals surface area contributed by atoms with Crippen molar-refractivity contribution in [3.05, 3.63) is 292 Å². The van der Waals surface area contributed by atoms with Gasteiger partial charge in [0.15, 0.2) is 11.6 Å². The van der Waals surface area contributed by atoms with Gasteiger partial charge in [-0.3, -0.25) is 19.7 Å². The molecule has 0 saturated carbocycles. The minimum Gasteiger partial charge on any atom is -0.769 e. The number of ketones is 2. The Morgan fingerprint density at radius 1 is 0.448 bits per heavy atom. The molecule has 0 spiro atoms. The maximum absolute atomic E-state index is 14.2. The van der Waals surface area contributed by atoms with Crippen LogP contribution in [-0.2, 0) is 39.4 Å². The van der Waals surface area contributed by atoms with E-state index in [2.05, 4.69) is 18.7 Å². The van der Waals surface area contributed by atoms with E-state index in [0.29, 0.717) is 65.7 Å². The Hall–Kier alpha value is -4.42. The van der Waals surface area contributed by atoms with Crippen LogP contribution in [0, 0.1) is 6.92 Å². The van der Waals surface area contributed by atoms with Crippen LogP contribution in [-0.4, -0.2) is 59.2 Å². The van der Waals surface area contributed by atoms with Crippen molar-refractivity contribution >= 4 is 57.4 Å². The van der Waals surface area contributed by atoms with E-state index >= 15 is 0 Å². The van der Waals surface area contributed by atoms with Crippen molar-refractivity contribution < 1.29 is 213 Å². The number of carbonyl (C=O) groups is 2. The van der Waals surface area contributed by atoms with Gasteiger partial charge in [0.25, 0.3) is 0 Å². The molecule has 0 atom stereocenters. The van der Waals surface area contributed by atoms with Crippen LogP contribution in [0.2, 0.25) is 0 Å². The molecule has 0 radical (unpaired) electrons. The third-order valence-electron chi connectivity index (χ3n) is 15.0. The van der Waals surface area contributed by atoms with Crippen LogP contribution in [0.15, 0.2) is 250 Å². The van der Waals surface area contributed by atoms with Gasteiger partial charge in [-0.2, -0.15) is 8.67 Å². The summed E-state index contributed by atoms with van der Waals surface area (Å²) in [5.74, 6) is -0.729. The number of ether oxygens (including phenoxy) is 6. The van der Waals surface area contributed by atoms with Crippen molar-refractivity contribution in [2.24, 2.45) is 0 Å². The first-order valence-corrected chi connectivity index (χ1v) is 32.1. The number of rotatable bonds is 25. The predicted octanol–water partition coefficient (Wildman–Crippen LogP) is 2.43. The molecule has 1 saturated heterocycles. The molecule has 1 heterocycles. The van der Waals surface area contributed by atoms with Crippen molar-refractivity contribution in [2.75, 3.05) is 20.3 Å². The third kappa shape index (κ3) is 17.8. The summed E-state index contributed by atoms with van der Waals surface area (Å²) in [6.07, 6.45) is 0. The summed E-state index contributed by atoms with van der Waals surface area (Å²) in [7, 11) is -7.60. The van der Waals surface area contributed by atoms with Crippen LogP contribution < -0.4 is 148 Å². The molecule has 28 heteroatoms. The zero-order valence-electron chi connectivity index (χ0n) is 52.3. The normalized spacial score (nSPS) is 12.9. The Kier molecular flexibility index (Phi) is 29.0. The van der Waals surface area contributed by atoms with Gasteiger partial charge in [-0.05, 0) is 168 Å². The molecule has 1 aliphatic heterocycles. The van der Waals surface area contributed by atoms with Gasteiger partial charge in [0, 0.05) is 38.3 Å². The average molecular weight is 1410 g/mol. The van der Waals surface area contributed by atoms with E-state index in [1.54, 1.807) is 55.6 Å². The molecule has 4 N–H and O–H groups in total. The molecule has 20 nitrogen and oxygen atoms in total. The summed E-state index contributed by atoms with van der Waals surface area (Å²) < 4.78 is 112. The number of hydrogen-bond donors (Lipinski definition) is 4. The van der Waals surface area contributed by atoms with Gasteiger partial charge < -0.3 is 66.3 Å². The summed E-state index contributed by atoms with van der Waals surface area (Å²) in [6, 6.07) is 64.3. The Morgan fingerprint density at radius 2 is 0.792 bits per heavy atom. The van der Waals surface area contributed by atoms with Crippen LogP contribution in [0.25, 0.3) is 0 Å². The minimum absolute atomic E-state index is 0. The van der Waals surface area contributed by atoms with Gasteiger partial charge in [0.05, 0.1) is 64.5 Å². The van der Waals surface area contributed by atoms with Crippen LogP contribution >= 0.6 is 45.8 Å². The van der Waals surface area contributed by atoms with Crippen LogP contribution in [0.1, 0.15) is 70.8 Å². The van der Waals surface area contributed by atoms with Gasteiger partial charge in [-0.1, -0.05) is 119 Å². The fraction of sp³-hybridized carbons (Fsp3) is 0.0882. The second-order valence-electron chi connectivity index (χ2n) is 20.5. The molecular weight excluding hydrogens is 1360 g/mol. The van der Waals surface area contributed by atoms with Crippen molar-refractivity contribution in [1.29, 1.82) is 0 Å². The third-order valence-corrected chi connectivity index (χ3v) is 18.2. The van der Waals surface area contributed by atoms with Gasteiger partial charge in [-0.15, -0.1) is 0 Å². The van der Waals surface area contributed by atoms with Crippen molar-refractivity contribution in [3.63, 3.8) is 0 Å². The zero-order valence-corrected chi connectivity index (χ0v) is 63.6. The molecule has 10 aromatic carbocycles. The fourth-order valence-corrected chi connectivity index (χ4v) is 13.1. The first kappa shape index (κ1) is 78.9. The van der Waals surface area contributed by atoms with Gasteiger partial charge >= 0.3 is 118 Å². The van der Waals surface area contributed by atoms with Crippen LogP contribution in [0.4, 0.5) is 0 Å². The molecule has 96 heavy (non-hydrogen) atoms. The molecule has 0 aromatic heterocycles. The Bertz CT molecular complexity index is 4210. The van der Waals surface area contributed by atoms with E-state index in [-0.39, 0.29) is 178 Å². The number of carbonyl (C=O) groups excluding carboxylic acids is 2. The topological polar surface area (TPSA) is 300 Å². The Labute approximate surface area is 652 Å². The summed E-state index contributed by atoms with van der Waals surface area (Å²) >= 11 is 0.966. The van der Waals surface area contributed by atoms with Crippen molar-refractivity contribution in [2.45, 2.75) is 37.7 Å². The van der Waals surface area contributed by atoms with E-state index in [0.717, 1.165) is 39.9 Å². The minimum atomic E-state index is -4.79. The Balaban J connectivity index is 0.00000325. The Morgan fingerprint density at radius 3 is 1.19 bits per heavy atom. The monoisotopic (exact) mass is 1410 g/mol. The van der Waals surface area contributed by atoms with E-state index in [1.165, 1.54) is 67.6 Å². The van der Waals surface area contributed by atoms with Crippen molar-refractivity contribution in [3.8, 4) is 40.2 Å². The van der Waals surface area contributed by atoms with Crippen LogP contribution in [0.5, 0.6) is 40.2 Å². The van der Waals surface area contributed by atoms with E-state index in [9.17, 15) is 47.4 Å². The molecule has 472 valence electrons. The molecule has 1 fully saturated rings. The number of hydrogen-bond acceptors (Lipinski definition) is 22. The predicted molar refractivity (Wildman–Crippen MR) is 334 cm³/mol. The average Bonchev–Trinajstić information content (AvgIpc) is 0.821. The van der Waals surface area contributed by atoms with E-state index in [1.807, 2.05) is 109 Å². The standard InChI is InChI=1S/C68H56O20S4.4Na/c1-43-13-14-46(41-63(43)91(73,74)75)65(69)44-15-34-58(61(39-44)89-87-85-71)82-55-28-18-50(19-29-55)67(48-9-5-3-6-10-48,49-11-7-4-8-12-49)51-20-30-57(31-21-51)84-60-36-17-47(42-64(60)92(76,77)78)66(70)45-16-35-59(62(40-45)90-88-86-72)83-56-32-24-53(25-33-56)68(80-37-38-81-68)52-22-26-54(79-2)27-23-52;;;;/h3-36,39-42,71-78H,37-38H2,1-2H3;;;;/q;4*+1/p-4. The molecule has 0 aliphatic carbocycles. The maximum Gasteiger partial charge on any atom is 1.00 e. The number of benzene rings is 10. The van der Waals surface area contributed by atoms with Gasteiger partial charge in [-0.25, -0.2) is 0 Å². The molecule has 1 aliphatic rings. The molecule has 10 aromatic rings. The number of methoxy groups -OCH3 is 1. The summed E-state index contributed by atoms with van der Waals surface area (Å²) in [5.41, 5.74) is 4.01. The SMILES string of the molecule is COc1ccc(C2(c3ccc(Oc4ccc(C(=O)c5ccc(Oc6ccc(C(c7ccccc7)(c7ccccc7)c7ccc(Oc8ccc(C(=O)c9ccc(C)c(S([O-])(O)O)c9)cc8SOO[O-])cc7)cc6)c(S([O-])(O)O)c5)cc4SOO[O-])cc3)OCCO2)cc1.[Na+].[Na+].[Na+].[Na+]. The van der Waals surface area contributed by atoms with Gasteiger partial charge in [0.2, 0.25) is 5.79 Å². The first-order valence-electron chi connectivity index (χ1n) is 27.7. The zero-order chi connectivity index (χ0) is 64.6. The first-order chi connectivity index (χ1) is 44.4. The quantitative estimate of drug-likeness (QED) is 0.0160. The molecule has 0 unspecified atom stereocenters. The fourth-order valence-electron chi connectivity index (χ4n) is 10.8. The molecule has 11 rings (SSSR count). The van der Waals surface area contributed by atoms with E-state index in [4.69, 9.17) is 28.4 Å². The molecule has 0 amide bonds. The summed E-state index contributed by atoms with van der Waals surface area (Å²) in [5, 5.41) is 29.3. The number of aryl methyl sites for hydroxylation is 1. The second kappa shape index (κ2) is 35.3. The largest absolute Gasteiger partial charge is 1.00 e. The van der Waals surface area contributed by atoms with E-state index < -0.39 is 49.4 Å². The smallest absolute Gasteiger partial charge is 0.769 e. The van der Waals surface area contributed by atoms with Gasteiger partial charge in [0.1, 0.15) is 40.2 Å². The summed E-state index contributed by atoms with van der Waals surface area (Å²) in [6.45, 7) is 2.25.